The molecule has 2 fully saturated rings. The number of fused-ring (bicyclic) bond motifs is 1. The van der Waals surface area contributed by atoms with Gasteiger partial charge in [0.05, 0.1) is 11.3 Å². The number of amides is 1. The van der Waals surface area contributed by atoms with E-state index in [4.69, 9.17) is 16.6 Å². The zero-order valence-corrected chi connectivity index (χ0v) is 23.6. The number of pyridine rings is 1. The predicted molar refractivity (Wildman–Crippen MR) is 161 cm³/mol. The van der Waals surface area contributed by atoms with Gasteiger partial charge in [-0.3, -0.25) is 9.69 Å². The monoisotopic (exact) mass is 574 g/mol. The molecule has 0 atom stereocenters. The van der Waals surface area contributed by atoms with Crippen LogP contribution in [0.1, 0.15) is 28.8 Å². The van der Waals surface area contributed by atoms with Gasteiger partial charge >= 0.3 is 0 Å². The molecule has 0 unspecified atom stereocenters. The number of nitrogens with zero attached hydrogens (tertiary/aromatic N) is 5. The van der Waals surface area contributed by atoms with E-state index in [-0.39, 0.29) is 5.91 Å². The zero-order chi connectivity index (χ0) is 28.2. The molecule has 2 aromatic carbocycles. The highest BCUT2D eigenvalue weighted by Gasteiger charge is 2.34. The van der Waals surface area contributed by atoms with Crippen LogP contribution in [-0.2, 0) is 5.60 Å². The van der Waals surface area contributed by atoms with Crippen molar-refractivity contribution in [1.82, 2.24) is 30.1 Å². The first-order valence-electron chi connectivity index (χ1n) is 14.1. The molecule has 0 saturated carbocycles. The third kappa shape index (κ3) is 6.31. The summed E-state index contributed by atoms with van der Waals surface area (Å²) < 4.78 is 1.76. The summed E-state index contributed by atoms with van der Waals surface area (Å²) in [6, 6.07) is 18.8. The van der Waals surface area contributed by atoms with Gasteiger partial charge < -0.3 is 26.0 Å². The van der Waals surface area contributed by atoms with Crippen molar-refractivity contribution in [2.75, 3.05) is 62.6 Å². The van der Waals surface area contributed by atoms with Gasteiger partial charge in [-0.1, -0.05) is 23.7 Å². The number of rotatable bonds is 8. The topological polar surface area (TPSA) is 110 Å². The summed E-state index contributed by atoms with van der Waals surface area (Å²) >= 11 is 6.04. The van der Waals surface area contributed by atoms with E-state index in [1.165, 1.54) is 0 Å². The Kier molecular flexibility index (Phi) is 8.06. The van der Waals surface area contributed by atoms with E-state index >= 15 is 0 Å². The second-order valence-corrected chi connectivity index (χ2v) is 11.1. The van der Waals surface area contributed by atoms with Crippen LogP contribution in [0.3, 0.4) is 0 Å². The molecule has 10 nitrogen and oxygen atoms in total. The molecule has 2 saturated heterocycles. The van der Waals surface area contributed by atoms with Crippen LogP contribution in [0.5, 0.6) is 0 Å². The second kappa shape index (κ2) is 12.0. The summed E-state index contributed by atoms with van der Waals surface area (Å²) in [6.45, 7) is 6.89. The maximum absolute atomic E-state index is 12.6. The van der Waals surface area contributed by atoms with E-state index in [1.54, 1.807) is 16.6 Å². The fourth-order valence-corrected chi connectivity index (χ4v) is 5.68. The van der Waals surface area contributed by atoms with Crippen molar-refractivity contribution in [3.63, 3.8) is 0 Å². The molecule has 41 heavy (non-hydrogen) atoms. The first-order chi connectivity index (χ1) is 20.0. The number of hydrogen-bond acceptors (Lipinski definition) is 8. The maximum atomic E-state index is 12.6. The summed E-state index contributed by atoms with van der Waals surface area (Å²) in [4.78, 5) is 21.9. The van der Waals surface area contributed by atoms with Crippen molar-refractivity contribution in [2.24, 2.45) is 0 Å². The fourth-order valence-electron chi connectivity index (χ4n) is 5.56. The lowest BCUT2D eigenvalue weighted by Gasteiger charge is -2.39. The van der Waals surface area contributed by atoms with Gasteiger partial charge in [0.2, 0.25) is 5.95 Å². The molecule has 2 aromatic heterocycles. The Morgan fingerprint density at radius 2 is 1.73 bits per heavy atom. The molecule has 0 aliphatic carbocycles. The molecule has 0 spiro atoms. The Morgan fingerprint density at radius 1 is 1.00 bits per heavy atom. The molecular formula is C30H35ClN8O2. The first kappa shape index (κ1) is 27.5. The number of aliphatic hydroxyl groups is 1. The van der Waals surface area contributed by atoms with Gasteiger partial charge in [-0.05, 0) is 66.9 Å². The third-order valence-corrected chi connectivity index (χ3v) is 8.23. The van der Waals surface area contributed by atoms with E-state index in [2.05, 4.69) is 30.8 Å². The summed E-state index contributed by atoms with van der Waals surface area (Å²) in [5.74, 6) is 0.395. The Hall–Kier alpha value is -3.70. The van der Waals surface area contributed by atoms with E-state index in [0.29, 0.717) is 49.0 Å². The first-order valence-corrected chi connectivity index (χ1v) is 14.5. The van der Waals surface area contributed by atoms with E-state index in [1.807, 2.05) is 54.7 Å². The predicted octanol–water partition coefficient (Wildman–Crippen LogP) is 3.25. The van der Waals surface area contributed by atoms with E-state index in [0.717, 1.165) is 55.3 Å². The molecule has 1 amide bonds. The van der Waals surface area contributed by atoms with Crippen LogP contribution >= 0.6 is 11.6 Å². The Morgan fingerprint density at radius 3 is 2.46 bits per heavy atom. The van der Waals surface area contributed by atoms with Crippen molar-refractivity contribution in [2.45, 2.75) is 18.4 Å². The standard InChI is InChI=1S/C30H35ClN8O2/c31-24-7-5-23(6-8-24)30(41)11-17-38(18-12-30)26-2-1-16-39-27(26)35-29(36-39)34-25-9-3-22(4-10-25)28(40)33-15-21-37-19-13-32-14-20-37/h1-10,16,32,41H,11-15,17-21H2,(H,33,40)(H,34,36). The lowest BCUT2D eigenvalue weighted by atomic mass is 9.84. The van der Waals surface area contributed by atoms with Crippen molar-refractivity contribution in [3.8, 4) is 0 Å². The third-order valence-electron chi connectivity index (χ3n) is 7.98. The van der Waals surface area contributed by atoms with Gasteiger partial charge in [-0.2, -0.15) is 4.98 Å². The fraction of sp³-hybridized carbons (Fsp3) is 0.367. The minimum Gasteiger partial charge on any atom is -0.385 e. The molecule has 11 heteroatoms. The molecule has 6 rings (SSSR count). The summed E-state index contributed by atoms with van der Waals surface area (Å²) in [5.41, 5.74) is 3.15. The highest BCUT2D eigenvalue weighted by Crippen LogP contribution is 2.36. The number of benzene rings is 2. The number of halogens is 1. The van der Waals surface area contributed by atoms with Gasteiger partial charge in [0.15, 0.2) is 5.65 Å². The largest absolute Gasteiger partial charge is 0.385 e. The second-order valence-electron chi connectivity index (χ2n) is 10.7. The number of piperidine rings is 1. The van der Waals surface area contributed by atoms with Crippen molar-refractivity contribution in [3.05, 3.63) is 83.0 Å². The molecule has 4 heterocycles. The van der Waals surface area contributed by atoms with Crippen LogP contribution in [0.25, 0.3) is 5.65 Å². The molecule has 214 valence electrons. The number of anilines is 3. The van der Waals surface area contributed by atoms with Crippen LogP contribution in [0.4, 0.5) is 17.3 Å². The number of nitrogens with one attached hydrogen (secondary N) is 3. The quantitative estimate of drug-likeness (QED) is 0.254. The lowest BCUT2D eigenvalue weighted by Crippen LogP contribution is -2.46. The smallest absolute Gasteiger partial charge is 0.251 e. The number of aromatic nitrogens is 3. The van der Waals surface area contributed by atoms with Crippen LogP contribution in [-0.4, -0.2) is 82.9 Å². The number of piperazine rings is 1. The summed E-state index contributed by atoms with van der Waals surface area (Å²) in [5, 5.41) is 26.2. The maximum Gasteiger partial charge on any atom is 0.251 e. The molecule has 4 aromatic rings. The van der Waals surface area contributed by atoms with Gasteiger partial charge in [-0.25, -0.2) is 4.52 Å². The normalized spacial score (nSPS) is 17.5. The van der Waals surface area contributed by atoms with Gasteiger partial charge in [0, 0.05) is 74.8 Å². The number of carbonyl (C=O) groups excluding carboxylic acids is 1. The average Bonchev–Trinajstić information content (AvgIpc) is 3.41. The van der Waals surface area contributed by atoms with Crippen molar-refractivity contribution in [1.29, 1.82) is 0 Å². The van der Waals surface area contributed by atoms with E-state index in [9.17, 15) is 9.90 Å². The molecule has 4 N–H and O–H groups in total. The molecule has 0 bridgehead atoms. The van der Waals surface area contributed by atoms with Gasteiger partial charge in [0.1, 0.15) is 0 Å². The molecule has 2 aliphatic heterocycles. The van der Waals surface area contributed by atoms with Gasteiger partial charge in [0.25, 0.3) is 5.91 Å². The zero-order valence-electron chi connectivity index (χ0n) is 22.9. The Balaban J connectivity index is 1.07. The molecule has 2 aliphatic rings. The summed E-state index contributed by atoms with van der Waals surface area (Å²) in [6.07, 6.45) is 3.08. The summed E-state index contributed by atoms with van der Waals surface area (Å²) in [7, 11) is 0. The average molecular weight is 575 g/mol. The highest BCUT2D eigenvalue weighted by atomic mass is 35.5. The minimum absolute atomic E-state index is 0.0772. The van der Waals surface area contributed by atoms with Crippen LogP contribution in [0.15, 0.2) is 66.9 Å². The molecular weight excluding hydrogens is 540 g/mol. The number of hydrogen-bond donors (Lipinski definition) is 4. The van der Waals surface area contributed by atoms with Crippen LogP contribution < -0.4 is 20.9 Å². The Bertz CT molecular complexity index is 1480. The Labute approximate surface area is 244 Å². The minimum atomic E-state index is -0.874. The van der Waals surface area contributed by atoms with Crippen molar-refractivity contribution < 1.29 is 9.90 Å². The van der Waals surface area contributed by atoms with Crippen LogP contribution in [0, 0.1) is 0 Å². The number of carbonyl (C=O) groups is 1. The SMILES string of the molecule is O=C(NCCN1CCNCC1)c1ccc(Nc2nc3c(N4CCC(O)(c5ccc(Cl)cc5)CC4)cccn3n2)cc1. The van der Waals surface area contributed by atoms with Crippen LogP contribution in [0.2, 0.25) is 5.02 Å². The van der Waals surface area contributed by atoms with Crippen molar-refractivity contribution >= 4 is 40.5 Å². The van der Waals surface area contributed by atoms with Gasteiger partial charge in [-0.15, -0.1) is 5.10 Å². The van der Waals surface area contributed by atoms with E-state index < -0.39 is 5.60 Å². The molecule has 0 radical (unpaired) electrons. The lowest BCUT2D eigenvalue weighted by molar-refractivity contribution is 0.0118. The highest BCUT2D eigenvalue weighted by molar-refractivity contribution is 6.30.